The Morgan fingerprint density at radius 2 is 1.49 bits per heavy atom. The summed E-state index contributed by atoms with van der Waals surface area (Å²) >= 11 is 0. The van der Waals surface area contributed by atoms with Crippen LogP contribution in [0.25, 0.3) is 11.1 Å². The third kappa shape index (κ3) is 5.41. The second kappa shape index (κ2) is 10.4. The van der Waals surface area contributed by atoms with Crippen molar-refractivity contribution in [3.8, 4) is 11.1 Å². The highest BCUT2D eigenvalue weighted by atomic mass is 19.4. The molecule has 0 saturated carbocycles. The topological polar surface area (TPSA) is 105 Å². The highest BCUT2D eigenvalue weighted by molar-refractivity contribution is 5.87. The lowest BCUT2D eigenvalue weighted by Crippen LogP contribution is -2.57. The fraction of sp³-hybridized carbons (Fsp3) is 0.400. The van der Waals surface area contributed by atoms with E-state index in [0.717, 1.165) is 22.3 Å². The van der Waals surface area contributed by atoms with Crippen LogP contribution in [0.1, 0.15) is 43.7 Å². The van der Waals surface area contributed by atoms with Crippen molar-refractivity contribution in [1.82, 2.24) is 10.6 Å². The summed E-state index contributed by atoms with van der Waals surface area (Å²) in [6, 6.07) is 12.1. The number of carboxylic acids is 1. The van der Waals surface area contributed by atoms with Crippen LogP contribution in [0.2, 0.25) is 0 Å². The lowest BCUT2D eigenvalue weighted by molar-refractivity contribution is -0.168. The monoisotopic (exact) mass is 492 g/mol. The number of carbonyl (C=O) groups excluding carboxylic acids is 2. The van der Waals surface area contributed by atoms with E-state index in [-0.39, 0.29) is 25.4 Å². The number of carboxylic acid groups (broad SMARTS) is 1. The van der Waals surface area contributed by atoms with Gasteiger partial charge in [-0.3, -0.25) is 9.59 Å². The molecule has 188 valence electrons. The summed E-state index contributed by atoms with van der Waals surface area (Å²) < 4.78 is 45.8. The van der Waals surface area contributed by atoms with E-state index in [4.69, 9.17) is 4.74 Å². The zero-order chi connectivity index (χ0) is 25.8. The van der Waals surface area contributed by atoms with Crippen molar-refractivity contribution < 1.29 is 37.4 Å². The summed E-state index contributed by atoms with van der Waals surface area (Å²) in [5.74, 6) is -3.15. The number of fused-ring (bicyclic) bond motifs is 3. The number of halogens is 3. The van der Waals surface area contributed by atoms with Gasteiger partial charge in [0.25, 0.3) is 5.91 Å². The fourth-order valence-corrected chi connectivity index (χ4v) is 4.29. The van der Waals surface area contributed by atoms with Crippen LogP contribution in [0, 0.1) is 5.41 Å². The van der Waals surface area contributed by atoms with Crippen LogP contribution in [0.4, 0.5) is 18.0 Å². The van der Waals surface area contributed by atoms with Crippen LogP contribution in [0.15, 0.2) is 48.5 Å². The highest BCUT2D eigenvalue weighted by Gasteiger charge is 2.47. The molecule has 0 aliphatic heterocycles. The standard InChI is InChI=1S/C25H27F3N2O5/c1-3-24(4-2,22(32)33)14-29-21(31)20(25(26,27)28)30-23(34)35-13-19-17-11-7-5-9-15(17)16-10-6-8-12-18(16)19/h5-12,19-20H,3-4,13-14H2,1-2H3,(H,29,31)(H,30,34)(H,32,33). The Balaban J connectivity index is 1.68. The molecule has 0 fully saturated rings. The van der Waals surface area contributed by atoms with E-state index >= 15 is 0 Å². The quantitative estimate of drug-likeness (QED) is 0.479. The molecule has 0 heterocycles. The van der Waals surface area contributed by atoms with Crippen LogP contribution in [0.5, 0.6) is 0 Å². The normalized spacial score (nSPS) is 14.0. The van der Waals surface area contributed by atoms with Gasteiger partial charge < -0.3 is 20.5 Å². The molecule has 1 aliphatic rings. The number of nitrogens with one attached hydrogen (secondary N) is 2. The molecular weight excluding hydrogens is 465 g/mol. The molecule has 2 aromatic rings. The number of aliphatic carboxylic acids is 1. The molecule has 3 rings (SSSR count). The smallest absolute Gasteiger partial charge is 0.417 e. The predicted octanol–water partition coefficient (Wildman–Crippen LogP) is 4.46. The van der Waals surface area contributed by atoms with Gasteiger partial charge in [0.1, 0.15) is 6.61 Å². The van der Waals surface area contributed by atoms with E-state index in [1.54, 1.807) is 19.2 Å². The minimum absolute atomic E-state index is 0.107. The van der Waals surface area contributed by atoms with Crippen molar-refractivity contribution in [3.05, 3.63) is 59.7 Å². The number of alkyl carbamates (subject to hydrolysis) is 1. The van der Waals surface area contributed by atoms with Gasteiger partial charge in [0.05, 0.1) is 5.41 Å². The Labute approximate surface area is 200 Å². The van der Waals surface area contributed by atoms with Crippen LogP contribution in [-0.4, -0.2) is 48.4 Å². The second-order valence-electron chi connectivity index (χ2n) is 8.45. The zero-order valence-electron chi connectivity index (χ0n) is 19.3. The van der Waals surface area contributed by atoms with Gasteiger partial charge >= 0.3 is 18.2 Å². The lowest BCUT2D eigenvalue weighted by atomic mass is 9.82. The number of alkyl halides is 3. The van der Waals surface area contributed by atoms with E-state index in [0.29, 0.717) is 0 Å². The third-order valence-corrected chi connectivity index (χ3v) is 6.60. The SMILES string of the molecule is CCC(CC)(CNC(=O)C(NC(=O)OCC1c2ccccc2-c2ccccc21)C(F)(F)F)C(=O)O. The van der Waals surface area contributed by atoms with Crippen molar-refractivity contribution in [1.29, 1.82) is 0 Å². The number of rotatable bonds is 9. The molecule has 0 radical (unpaired) electrons. The minimum Gasteiger partial charge on any atom is -0.481 e. The van der Waals surface area contributed by atoms with Gasteiger partial charge in [0, 0.05) is 12.5 Å². The summed E-state index contributed by atoms with van der Waals surface area (Å²) in [7, 11) is 0. The molecule has 0 bridgehead atoms. The number of carbonyl (C=O) groups is 3. The molecule has 1 aliphatic carbocycles. The molecule has 10 heteroatoms. The van der Waals surface area contributed by atoms with Gasteiger partial charge in [0.15, 0.2) is 0 Å². The summed E-state index contributed by atoms with van der Waals surface area (Å²) in [6.45, 7) is 2.41. The maximum absolute atomic E-state index is 13.6. The predicted molar refractivity (Wildman–Crippen MR) is 122 cm³/mol. The van der Waals surface area contributed by atoms with E-state index in [9.17, 15) is 32.7 Å². The third-order valence-electron chi connectivity index (χ3n) is 6.60. The molecule has 1 atom stereocenters. The Kier molecular flexibility index (Phi) is 7.72. The first-order valence-corrected chi connectivity index (χ1v) is 11.2. The minimum atomic E-state index is -5.11. The van der Waals surface area contributed by atoms with E-state index < -0.39 is 42.1 Å². The van der Waals surface area contributed by atoms with Crippen molar-refractivity contribution in [2.75, 3.05) is 13.2 Å². The molecule has 0 spiro atoms. The van der Waals surface area contributed by atoms with Crippen LogP contribution in [0.3, 0.4) is 0 Å². The maximum Gasteiger partial charge on any atom is 0.417 e. The fourth-order valence-electron chi connectivity index (χ4n) is 4.29. The number of hydrogen-bond acceptors (Lipinski definition) is 4. The molecule has 2 aromatic carbocycles. The van der Waals surface area contributed by atoms with Crippen molar-refractivity contribution in [3.63, 3.8) is 0 Å². The number of hydrogen-bond donors (Lipinski definition) is 3. The number of ether oxygens (including phenoxy) is 1. The Bertz CT molecular complexity index is 1050. The molecule has 7 nitrogen and oxygen atoms in total. The molecule has 35 heavy (non-hydrogen) atoms. The average Bonchev–Trinajstić information content (AvgIpc) is 3.15. The average molecular weight is 492 g/mol. The van der Waals surface area contributed by atoms with Gasteiger partial charge in [-0.15, -0.1) is 0 Å². The number of amides is 2. The molecule has 0 saturated heterocycles. The van der Waals surface area contributed by atoms with Crippen molar-refractivity contribution >= 4 is 18.0 Å². The Hall–Kier alpha value is -3.56. The first kappa shape index (κ1) is 26.1. The van der Waals surface area contributed by atoms with Gasteiger partial charge in [-0.1, -0.05) is 62.4 Å². The van der Waals surface area contributed by atoms with Gasteiger partial charge in [-0.2, -0.15) is 13.2 Å². The highest BCUT2D eigenvalue weighted by Crippen LogP contribution is 2.44. The lowest BCUT2D eigenvalue weighted by Gasteiger charge is -2.28. The largest absolute Gasteiger partial charge is 0.481 e. The zero-order valence-corrected chi connectivity index (χ0v) is 19.3. The number of benzene rings is 2. The van der Waals surface area contributed by atoms with Crippen molar-refractivity contribution in [2.24, 2.45) is 5.41 Å². The molecule has 2 amide bonds. The first-order chi connectivity index (χ1) is 16.5. The van der Waals surface area contributed by atoms with Gasteiger partial charge in [-0.05, 0) is 35.1 Å². The van der Waals surface area contributed by atoms with Crippen LogP contribution in [-0.2, 0) is 14.3 Å². The van der Waals surface area contributed by atoms with Gasteiger partial charge in [-0.25, -0.2) is 4.79 Å². The van der Waals surface area contributed by atoms with E-state index in [1.807, 2.05) is 53.8 Å². The van der Waals surface area contributed by atoms with Crippen LogP contribution >= 0.6 is 0 Å². The van der Waals surface area contributed by atoms with E-state index in [2.05, 4.69) is 0 Å². The molecule has 0 aromatic heterocycles. The summed E-state index contributed by atoms with van der Waals surface area (Å²) in [6.07, 6.45) is -6.30. The Morgan fingerprint density at radius 3 is 1.94 bits per heavy atom. The van der Waals surface area contributed by atoms with E-state index in [1.165, 1.54) is 0 Å². The summed E-state index contributed by atoms with van der Waals surface area (Å²) in [4.78, 5) is 36.2. The van der Waals surface area contributed by atoms with Crippen molar-refractivity contribution in [2.45, 2.75) is 44.8 Å². The summed E-state index contributed by atoms with van der Waals surface area (Å²) in [5, 5.41) is 13.0. The summed E-state index contributed by atoms with van der Waals surface area (Å²) in [5.41, 5.74) is 2.28. The molecule has 1 unspecified atom stereocenters. The Morgan fingerprint density at radius 1 is 0.971 bits per heavy atom. The first-order valence-electron chi connectivity index (χ1n) is 11.2. The molecule has 3 N–H and O–H groups in total. The molecular formula is C25H27F3N2O5. The van der Waals surface area contributed by atoms with Gasteiger partial charge in [0.2, 0.25) is 6.04 Å². The second-order valence-corrected chi connectivity index (χ2v) is 8.45. The maximum atomic E-state index is 13.6. The van der Waals surface area contributed by atoms with Crippen LogP contribution < -0.4 is 10.6 Å².